The predicted octanol–water partition coefficient (Wildman–Crippen LogP) is 3.55. The van der Waals surface area contributed by atoms with Crippen LogP contribution in [0.3, 0.4) is 0 Å². The molecule has 1 aromatic heterocycles. The molecular weight excluding hydrogens is 412 g/mol. The minimum atomic E-state index is -3.86. The van der Waals surface area contributed by atoms with Crippen LogP contribution < -0.4 is 5.32 Å². The van der Waals surface area contributed by atoms with Crippen molar-refractivity contribution in [3.05, 3.63) is 66.4 Å². The number of sulfonamides is 1. The highest BCUT2D eigenvalue weighted by molar-refractivity contribution is 7.89. The van der Waals surface area contributed by atoms with Crippen molar-refractivity contribution in [3.8, 4) is 0 Å². The van der Waals surface area contributed by atoms with Crippen molar-refractivity contribution in [1.29, 1.82) is 0 Å². The number of aromatic nitrogens is 1. The summed E-state index contributed by atoms with van der Waals surface area (Å²) in [5.41, 5.74) is 0.505. The molecule has 30 heavy (non-hydrogen) atoms. The highest BCUT2D eigenvalue weighted by Crippen LogP contribution is 2.28. The fraction of sp³-hybridized carbons (Fsp3) is 0.238. The van der Waals surface area contributed by atoms with E-state index in [0.29, 0.717) is 30.3 Å². The third-order valence-corrected chi connectivity index (χ3v) is 7.05. The van der Waals surface area contributed by atoms with Crippen molar-refractivity contribution in [2.75, 3.05) is 18.4 Å². The largest absolute Gasteiger partial charge is 0.326 e. The first-order valence-corrected chi connectivity index (χ1v) is 10.9. The minimum absolute atomic E-state index is 0.00106. The number of benzene rings is 2. The molecule has 6 nitrogen and oxygen atoms in total. The maximum absolute atomic E-state index is 13.4. The van der Waals surface area contributed by atoms with Crippen molar-refractivity contribution in [2.24, 2.45) is 5.92 Å². The van der Waals surface area contributed by atoms with E-state index in [1.807, 2.05) is 0 Å². The monoisotopic (exact) mass is 431 g/mol. The number of nitrogens with one attached hydrogen (secondary N) is 1. The van der Waals surface area contributed by atoms with Gasteiger partial charge in [0.05, 0.1) is 11.4 Å². The van der Waals surface area contributed by atoms with Gasteiger partial charge in [-0.15, -0.1) is 0 Å². The molecule has 0 spiro atoms. The van der Waals surface area contributed by atoms with Crippen LogP contribution in [0.1, 0.15) is 12.8 Å². The normalized spacial score (nSPS) is 17.7. The number of halogens is 2. The molecule has 9 heteroatoms. The Kier molecular flexibility index (Phi) is 5.48. The molecule has 1 aliphatic heterocycles. The maximum atomic E-state index is 13.4. The number of anilines is 1. The average Bonchev–Trinajstić information content (AvgIpc) is 2.76. The van der Waals surface area contributed by atoms with Crippen LogP contribution in [-0.2, 0) is 14.8 Å². The molecule has 0 aliphatic carbocycles. The van der Waals surface area contributed by atoms with Crippen molar-refractivity contribution in [1.82, 2.24) is 9.29 Å². The molecule has 1 fully saturated rings. The summed E-state index contributed by atoms with van der Waals surface area (Å²) in [6, 6.07) is 11.6. The van der Waals surface area contributed by atoms with E-state index >= 15 is 0 Å². The summed E-state index contributed by atoms with van der Waals surface area (Å²) < 4.78 is 54.3. The summed E-state index contributed by atoms with van der Waals surface area (Å²) in [6.07, 6.45) is 2.54. The third kappa shape index (κ3) is 3.90. The van der Waals surface area contributed by atoms with Crippen LogP contribution in [0.15, 0.2) is 59.6 Å². The second-order valence-electron chi connectivity index (χ2n) is 7.15. The Balaban J connectivity index is 1.55. The second-order valence-corrected chi connectivity index (χ2v) is 9.06. The molecule has 0 radical (unpaired) electrons. The Labute approximate surface area is 172 Å². The minimum Gasteiger partial charge on any atom is -0.326 e. The van der Waals surface area contributed by atoms with E-state index in [-0.39, 0.29) is 17.1 Å². The van der Waals surface area contributed by atoms with E-state index in [1.165, 1.54) is 22.6 Å². The van der Waals surface area contributed by atoms with Gasteiger partial charge in [-0.05, 0) is 37.1 Å². The molecule has 0 bridgehead atoms. The fourth-order valence-corrected chi connectivity index (χ4v) is 5.31. The number of amides is 1. The number of carbonyl (C=O) groups is 1. The molecule has 1 amide bonds. The first kappa shape index (κ1) is 20.4. The van der Waals surface area contributed by atoms with E-state index < -0.39 is 33.5 Å². The number of pyridine rings is 1. The Morgan fingerprint density at radius 2 is 1.90 bits per heavy atom. The van der Waals surface area contributed by atoms with Gasteiger partial charge in [-0.2, -0.15) is 4.31 Å². The molecule has 2 aromatic carbocycles. The maximum Gasteiger partial charge on any atom is 0.245 e. The van der Waals surface area contributed by atoms with E-state index in [9.17, 15) is 22.0 Å². The summed E-state index contributed by atoms with van der Waals surface area (Å²) >= 11 is 0. The topological polar surface area (TPSA) is 79.4 Å². The van der Waals surface area contributed by atoms with E-state index in [2.05, 4.69) is 10.3 Å². The van der Waals surface area contributed by atoms with Gasteiger partial charge in [0, 0.05) is 36.4 Å². The molecular formula is C21H19F2N3O3S. The SMILES string of the molecule is O=C(Nc1ccc(F)c(F)c1)C1CCCN(S(=O)(=O)c2cccc3cccnc23)C1. The zero-order valence-corrected chi connectivity index (χ0v) is 16.7. The molecule has 156 valence electrons. The van der Waals surface area contributed by atoms with Gasteiger partial charge in [-0.25, -0.2) is 17.2 Å². The molecule has 1 unspecified atom stereocenters. The lowest BCUT2D eigenvalue weighted by atomic mass is 9.98. The van der Waals surface area contributed by atoms with Crippen molar-refractivity contribution in [3.63, 3.8) is 0 Å². The average molecular weight is 431 g/mol. The van der Waals surface area contributed by atoms with Crippen LogP contribution in [0.2, 0.25) is 0 Å². The number of fused-ring (bicyclic) bond motifs is 1. The smallest absolute Gasteiger partial charge is 0.245 e. The molecule has 1 atom stereocenters. The van der Waals surface area contributed by atoms with Crippen LogP contribution in [0.4, 0.5) is 14.5 Å². The number of hydrogen-bond acceptors (Lipinski definition) is 4. The Morgan fingerprint density at radius 1 is 1.10 bits per heavy atom. The highest BCUT2D eigenvalue weighted by Gasteiger charge is 2.34. The second kappa shape index (κ2) is 8.08. The Morgan fingerprint density at radius 3 is 2.70 bits per heavy atom. The van der Waals surface area contributed by atoms with E-state index in [0.717, 1.165) is 12.1 Å². The van der Waals surface area contributed by atoms with Gasteiger partial charge in [0.25, 0.3) is 0 Å². The van der Waals surface area contributed by atoms with Gasteiger partial charge in [0.15, 0.2) is 11.6 Å². The molecule has 0 saturated carbocycles. The van der Waals surface area contributed by atoms with Crippen molar-refractivity contribution in [2.45, 2.75) is 17.7 Å². The number of para-hydroxylation sites is 1. The lowest BCUT2D eigenvalue weighted by Crippen LogP contribution is -2.43. The van der Waals surface area contributed by atoms with Gasteiger partial charge in [-0.1, -0.05) is 18.2 Å². The summed E-state index contributed by atoms with van der Waals surface area (Å²) in [5, 5.41) is 3.25. The van der Waals surface area contributed by atoms with Crippen molar-refractivity contribution >= 4 is 32.5 Å². The molecule has 4 rings (SSSR count). The van der Waals surface area contributed by atoms with E-state index in [1.54, 1.807) is 24.3 Å². The van der Waals surface area contributed by atoms with Gasteiger partial charge in [-0.3, -0.25) is 9.78 Å². The quantitative estimate of drug-likeness (QED) is 0.685. The van der Waals surface area contributed by atoms with Crippen LogP contribution in [0.25, 0.3) is 10.9 Å². The van der Waals surface area contributed by atoms with Crippen LogP contribution in [-0.4, -0.2) is 36.7 Å². The number of piperidine rings is 1. The van der Waals surface area contributed by atoms with Gasteiger partial charge in [0.1, 0.15) is 4.90 Å². The Hall–Kier alpha value is -2.91. The number of carbonyl (C=O) groups excluding carboxylic acids is 1. The zero-order chi connectivity index (χ0) is 21.3. The van der Waals surface area contributed by atoms with Crippen LogP contribution >= 0.6 is 0 Å². The lowest BCUT2D eigenvalue weighted by molar-refractivity contribution is -0.120. The molecule has 2 heterocycles. The first-order valence-electron chi connectivity index (χ1n) is 9.46. The number of nitrogens with zero attached hydrogens (tertiary/aromatic N) is 2. The lowest BCUT2D eigenvalue weighted by Gasteiger charge is -2.31. The van der Waals surface area contributed by atoms with Crippen molar-refractivity contribution < 1.29 is 22.0 Å². The molecule has 1 saturated heterocycles. The van der Waals surface area contributed by atoms with E-state index in [4.69, 9.17) is 0 Å². The highest BCUT2D eigenvalue weighted by atomic mass is 32.2. The van der Waals surface area contributed by atoms with Gasteiger partial charge < -0.3 is 5.32 Å². The molecule has 1 aliphatic rings. The third-order valence-electron chi connectivity index (χ3n) is 5.16. The predicted molar refractivity (Wildman–Crippen MR) is 108 cm³/mol. The molecule has 3 aromatic rings. The summed E-state index contributed by atoms with van der Waals surface area (Å²) in [6.45, 7) is 0.293. The van der Waals surface area contributed by atoms with Gasteiger partial charge >= 0.3 is 0 Å². The summed E-state index contributed by atoms with van der Waals surface area (Å²) in [4.78, 5) is 16.9. The fourth-order valence-electron chi connectivity index (χ4n) is 3.62. The number of hydrogen-bond donors (Lipinski definition) is 1. The first-order chi connectivity index (χ1) is 14.4. The number of rotatable bonds is 4. The summed E-state index contributed by atoms with van der Waals surface area (Å²) in [5.74, 6) is -3.11. The van der Waals surface area contributed by atoms with Gasteiger partial charge in [0.2, 0.25) is 15.9 Å². The Bertz CT molecular complexity index is 1210. The summed E-state index contributed by atoms with van der Waals surface area (Å²) in [7, 11) is -3.86. The van der Waals surface area contributed by atoms with Crippen LogP contribution in [0, 0.1) is 17.6 Å². The standard InChI is InChI=1S/C21H19F2N3O3S/c22-17-9-8-16(12-18(17)23)25-21(27)15-6-3-11-26(13-15)30(28,29)19-7-1-4-14-5-2-10-24-20(14)19/h1-2,4-5,7-10,12,15H,3,6,11,13H2,(H,25,27). The molecule has 1 N–H and O–H groups in total. The van der Waals surface area contributed by atoms with Crippen LogP contribution in [0.5, 0.6) is 0 Å². The zero-order valence-electron chi connectivity index (χ0n) is 15.9.